The van der Waals surface area contributed by atoms with Crippen molar-refractivity contribution in [1.29, 1.82) is 0 Å². The van der Waals surface area contributed by atoms with Crippen molar-refractivity contribution in [1.82, 2.24) is 19.6 Å². The third-order valence-electron chi connectivity index (χ3n) is 4.28. The van der Waals surface area contributed by atoms with E-state index in [4.69, 9.17) is 0 Å². The lowest BCUT2D eigenvalue weighted by molar-refractivity contribution is 0.0637. The zero-order chi connectivity index (χ0) is 16.4. The van der Waals surface area contributed by atoms with Crippen molar-refractivity contribution >= 4 is 5.91 Å². The van der Waals surface area contributed by atoms with Crippen molar-refractivity contribution in [2.45, 2.75) is 13.8 Å². The Morgan fingerprint density at radius 1 is 1.17 bits per heavy atom. The minimum absolute atomic E-state index is 0.0373. The topological polar surface area (TPSA) is 41.4 Å². The molecule has 0 aliphatic carbocycles. The molecule has 2 aromatic rings. The molecule has 1 aliphatic heterocycles. The van der Waals surface area contributed by atoms with Crippen molar-refractivity contribution in [2.24, 2.45) is 0 Å². The number of carbonyl (C=O) groups excluding carboxylic acids is 1. The number of rotatable bonds is 3. The van der Waals surface area contributed by atoms with Gasteiger partial charge in [0.1, 0.15) is 5.82 Å². The average Bonchev–Trinajstić information content (AvgIpc) is 2.97. The van der Waals surface area contributed by atoms with Crippen LogP contribution in [-0.4, -0.2) is 58.2 Å². The fraction of sp³-hybridized carbons (Fsp3) is 0.412. The summed E-state index contributed by atoms with van der Waals surface area (Å²) >= 11 is 0. The summed E-state index contributed by atoms with van der Waals surface area (Å²) in [5.41, 5.74) is 2.04. The lowest BCUT2D eigenvalue weighted by atomic mass is 10.2. The molecule has 1 saturated heterocycles. The second-order valence-electron chi connectivity index (χ2n) is 5.79. The minimum atomic E-state index is -0.288. The fourth-order valence-electron chi connectivity index (χ4n) is 2.85. The van der Waals surface area contributed by atoms with Gasteiger partial charge in [-0.2, -0.15) is 5.10 Å². The van der Waals surface area contributed by atoms with Gasteiger partial charge in [-0.15, -0.1) is 0 Å². The monoisotopic (exact) mass is 316 g/mol. The Labute approximate surface area is 135 Å². The first-order valence-corrected chi connectivity index (χ1v) is 7.92. The van der Waals surface area contributed by atoms with Crippen molar-refractivity contribution in [3.8, 4) is 5.69 Å². The van der Waals surface area contributed by atoms with Crippen molar-refractivity contribution in [2.75, 3.05) is 32.7 Å². The number of piperazine rings is 1. The van der Waals surface area contributed by atoms with E-state index in [-0.39, 0.29) is 11.7 Å². The van der Waals surface area contributed by atoms with Crippen LogP contribution >= 0.6 is 0 Å². The van der Waals surface area contributed by atoms with Crippen LogP contribution in [0.5, 0.6) is 0 Å². The van der Waals surface area contributed by atoms with Crippen LogP contribution in [0.25, 0.3) is 5.69 Å². The maximum absolute atomic E-state index is 13.0. The number of hydrogen-bond donors (Lipinski definition) is 0. The molecule has 0 spiro atoms. The molecule has 3 rings (SSSR count). The molecule has 0 saturated carbocycles. The molecule has 0 bridgehead atoms. The molecule has 1 aromatic carbocycles. The molecule has 1 aromatic heterocycles. The van der Waals surface area contributed by atoms with Gasteiger partial charge in [0.05, 0.1) is 5.69 Å². The molecule has 23 heavy (non-hydrogen) atoms. The standard InChI is InChI=1S/C17H21FN4O/c1-3-20-8-10-21(11-9-20)17(23)16-12-13(2)22(19-16)15-6-4-14(18)5-7-15/h4-7,12H,3,8-11H2,1-2H3. The van der Waals surface area contributed by atoms with Crippen LogP contribution < -0.4 is 0 Å². The summed E-state index contributed by atoms with van der Waals surface area (Å²) in [4.78, 5) is 16.8. The maximum Gasteiger partial charge on any atom is 0.274 e. The van der Waals surface area contributed by atoms with E-state index in [2.05, 4.69) is 16.9 Å². The molecule has 5 nitrogen and oxygen atoms in total. The Bertz CT molecular complexity index is 687. The molecule has 1 fully saturated rings. The van der Waals surface area contributed by atoms with Crippen LogP contribution in [0.15, 0.2) is 30.3 Å². The van der Waals surface area contributed by atoms with Crippen molar-refractivity contribution < 1.29 is 9.18 Å². The first kappa shape index (κ1) is 15.7. The number of carbonyl (C=O) groups is 1. The second-order valence-corrected chi connectivity index (χ2v) is 5.79. The summed E-state index contributed by atoms with van der Waals surface area (Å²) in [5, 5.41) is 4.41. The SMILES string of the molecule is CCN1CCN(C(=O)c2cc(C)n(-c3ccc(F)cc3)n2)CC1. The Balaban J connectivity index is 1.78. The quantitative estimate of drug-likeness (QED) is 0.871. The Kier molecular flexibility index (Phi) is 4.43. The van der Waals surface area contributed by atoms with Crippen LogP contribution in [0.1, 0.15) is 23.1 Å². The molecule has 0 unspecified atom stereocenters. The summed E-state index contributed by atoms with van der Waals surface area (Å²) in [7, 11) is 0. The normalized spacial score (nSPS) is 15.9. The van der Waals surface area contributed by atoms with Gasteiger partial charge < -0.3 is 9.80 Å². The van der Waals surface area contributed by atoms with Gasteiger partial charge in [0.25, 0.3) is 5.91 Å². The molecule has 6 heteroatoms. The van der Waals surface area contributed by atoms with Crippen molar-refractivity contribution in [3.63, 3.8) is 0 Å². The van der Waals surface area contributed by atoms with E-state index in [1.807, 2.05) is 11.8 Å². The van der Waals surface area contributed by atoms with Gasteiger partial charge in [0, 0.05) is 31.9 Å². The Morgan fingerprint density at radius 3 is 2.43 bits per heavy atom. The van der Waals surface area contributed by atoms with Gasteiger partial charge in [-0.3, -0.25) is 4.79 Å². The van der Waals surface area contributed by atoms with E-state index in [0.29, 0.717) is 5.69 Å². The highest BCUT2D eigenvalue weighted by Gasteiger charge is 2.23. The van der Waals surface area contributed by atoms with E-state index in [0.717, 1.165) is 44.1 Å². The summed E-state index contributed by atoms with van der Waals surface area (Å²) in [6.07, 6.45) is 0. The first-order chi connectivity index (χ1) is 11.1. The predicted molar refractivity (Wildman–Crippen MR) is 86.3 cm³/mol. The summed E-state index contributed by atoms with van der Waals surface area (Å²) < 4.78 is 14.7. The molecular formula is C17H21FN4O. The molecule has 0 N–H and O–H groups in total. The van der Waals surface area contributed by atoms with Gasteiger partial charge in [-0.1, -0.05) is 6.92 Å². The van der Waals surface area contributed by atoms with Crippen LogP contribution in [0, 0.1) is 12.7 Å². The largest absolute Gasteiger partial charge is 0.335 e. The van der Waals surface area contributed by atoms with Gasteiger partial charge >= 0.3 is 0 Å². The molecule has 122 valence electrons. The first-order valence-electron chi connectivity index (χ1n) is 7.92. The predicted octanol–water partition coefficient (Wildman–Crippen LogP) is 2.10. The highest BCUT2D eigenvalue weighted by molar-refractivity contribution is 5.92. The minimum Gasteiger partial charge on any atom is -0.335 e. The number of likely N-dealkylation sites (N-methyl/N-ethyl adjacent to an activating group) is 1. The highest BCUT2D eigenvalue weighted by atomic mass is 19.1. The number of aromatic nitrogens is 2. The Hall–Kier alpha value is -2.21. The number of nitrogens with zero attached hydrogens (tertiary/aromatic N) is 4. The van der Waals surface area contributed by atoms with Gasteiger partial charge in [-0.05, 0) is 43.8 Å². The van der Waals surface area contributed by atoms with Gasteiger partial charge in [0.2, 0.25) is 0 Å². The number of halogens is 1. The number of benzene rings is 1. The highest BCUT2D eigenvalue weighted by Crippen LogP contribution is 2.15. The zero-order valence-electron chi connectivity index (χ0n) is 13.5. The lowest BCUT2D eigenvalue weighted by Gasteiger charge is -2.33. The number of amides is 1. The molecule has 0 radical (unpaired) electrons. The van der Waals surface area contributed by atoms with Crippen LogP contribution in [0.2, 0.25) is 0 Å². The number of hydrogen-bond acceptors (Lipinski definition) is 3. The smallest absolute Gasteiger partial charge is 0.274 e. The van der Waals surface area contributed by atoms with Crippen LogP contribution in [0.3, 0.4) is 0 Å². The summed E-state index contributed by atoms with van der Waals surface area (Å²) in [5.74, 6) is -0.326. The Morgan fingerprint density at radius 2 is 1.83 bits per heavy atom. The molecule has 0 atom stereocenters. The van der Waals surface area contributed by atoms with E-state index in [1.54, 1.807) is 22.9 Å². The maximum atomic E-state index is 13.0. The van der Waals surface area contributed by atoms with Gasteiger partial charge in [-0.25, -0.2) is 9.07 Å². The van der Waals surface area contributed by atoms with E-state index < -0.39 is 0 Å². The fourth-order valence-corrected chi connectivity index (χ4v) is 2.85. The third kappa shape index (κ3) is 3.27. The van der Waals surface area contributed by atoms with Crippen molar-refractivity contribution in [3.05, 3.63) is 47.5 Å². The lowest BCUT2D eigenvalue weighted by Crippen LogP contribution is -2.48. The van der Waals surface area contributed by atoms with E-state index in [9.17, 15) is 9.18 Å². The zero-order valence-corrected chi connectivity index (χ0v) is 13.5. The molecule has 1 aliphatic rings. The summed E-state index contributed by atoms with van der Waals surface area (Å²) in [6.45, 7) is 8.30. The van der Waals surface area contributed by atoms with Gasteiger partial charge in [0.15, 0.2) is 5.69 Å². The second kappa shape index (κ2) is 6.50. The molecule has 1 amide bonds. The summed E-state index contributed by atoms with van der Waals surface area (Å²) in [6, 6.07) is 7.88. The average molecular weight is 316 g/mol. The molecule has 2 heterocycles. The molecular weight excluding hydrogens is 295 g/mol. The van der Waals surface area contributed by atoms with E-state index in [1.165, 1.54) is 12.1 Å². The van der Waals surface area contributed by atoms with E-state index >= 15 is 0 Å². The third-order valence-corrected chi connectivity index (χ3v) is 4.28. The number of aryl methyl sites for hydroxylation is 1. The van der Waals surface area contributed by atoms with Crippen LogP contribution in [-0.2, 0) is 0 Å². The van der Waals surface area contributed by atoms with Crippen LogP contribution in [0.4, 0.5) is 4.39 Å².